The van der Waals surface area contributed by atoms with E-state index in [0.717, 1.165) is 21.4 Å². The summed E-state index contributed by atoms with van der Waals surface area (Å²) >= 11 is 7.60. The Morgan fingerprint density at radius 3 is 2.95 bits per heavy atom. The quantitative estimate of drug-likeness (QED) is 0.842. The van der Waals surface area contributed by atoms with Gasteiger partial charge in [0.25, 0.3) is 5.91 Å². The van der Waals surface area contributed by atoms with Crippen LogP contribution < -0.4 is 5.32 Å². The molecule has 1 aromatic heterocycles. The van der Waals surface area contributed by atoms with Crippen LogP contribution >= 0.6 is 28.6 Å². The first kappa shape index (κ1) is 14.1. The lowest BCUT2D eigenvalue weighted by Crippen LogP contribution is -2.26. The normalized spacial score (nSPS) is 10.2. The molecule has 2 aromatic rings. The summed E-state index contributed by atoms with van der Waals surface area (Å²) in [4.78, 5) is 16.8. The van der Waals surface area contributed by atoms with Crippen molar-refractivity contribution >= 4 is 34.5 Å². The maximum atomic E-state index is 12.0. The molecule has 0 aliphatic carbocycles. The fraction of sp³-hybridized carbons (Fsp3) is 0.143. The minimum absolute atomic E-state index is 0.105. The topological polar surface area (TPSA) is 42.0 Å². The second kappa shape index (κ2) is 6.73. The van der Waals surface area contributed by atoms with E-state index in [0.29, 0.717) is 12.1 Å². The summed E-state index contributed by atoms with van der Waals surface area (Å²) in [6.07, 6.45) is 4.30. The Balaban J connectivity index is 1.93. The Hall–Kier alpha value is -1.33. The van der Waals surface area contributed by atoms with Crippen LogP contribution in [-0.2, 0) is 6.42 Å². The Labute approximate surface area is 126 Å². The van der Waals surface area contributed by atoms with Gasteiger partial charge in [0.05, 0.1) is 5.56 Å². The number of carbonyl (C=O) groups excluding carboxylic acids is 1. The number of benzene rings is 1. The minimum Gasteiger partial charge on any atom is -0.352 e. The lowest BCUT2D eigenvalue weighted by Gasteiger charge is -2.07. The highest BCUT2D eigenvalue weighted by Gasteiger charge is 2.09. The summed E-state index contributed by atoms with van der Waals surface area (Å²) in [7, 11) is 0. The van der Waals surface area contributed by atoms with Gasteiger partial charge in [-0.25, -0.2) is 0 Å². The van der Waals surface area contributed by atoms with Gasteiger partial charge in [0.2, 0.25) is 0 Å². The van der Waals surface area contributed by atoms with Gasteiger partial charge in [-0.2, -0.15) is 0 Å². The molecule has 0 aliphatic heterocycles. The first-order valence-corrected chi connectivity index (χ1v) is 7.06. The number of thiol groups is 1. The van der Waals surface area contributed by atoms with Gasteiger partial charge < -0.3 is 5.32 Å². The molecule has 0 fully saturated rings. The average Bonchev–Trinajstić information content (AvgIpc) is 2.42. The number of hydrogen-bond acceptors (Lipinski definition) is 3. The zero-order valence-electron chi connectivity index (χ0n) is 10.1. The van der Waals surface area contributed by atoms with Crippen LogP contribution in [0, 0.1) is 0 Å². The van der Waals surface area contributed by atoms with Gasteiger partial charge in [-0.1, -0.05) is 6.07 Å². The summed E-state index contributed by atoms with van der Waals surface area (Å²) in [6, 6.07) is 9.27. The maximum Gasteiger partial charge on any atom is 0.252 e. The molecule has 1 N–H and O–H groups in total. The van der Waals surface area contributed by atoms with Crippen molar-refractivity contribution in [1.29, 1.82) is 0 Å². The molecule has 0 saturated carbocycles. The van der Waals surface area contributed by atoms with Gasteiger partial charge in [-0.05, 0) is 52.2 Å². The second-order valence-corrected chi connectivity index (χ2v) is 5.40. The summed E-state index contributed by atoms with van der Waals surface area (Å²) < 4.78 is 0.768. The van der Waals surface area contributed by atoms with Gasteiger partial charge in [-0.15, -0.1) is 12.6 Å². The third kappa shape index (κ3) is 4.08. The minimum atomic E-state index is -0.105. The molecular formula is C14H13BrN2OS. The third-order valence-corrected chi connectivity index (χ3v) is 3.59. The van der Waals surface area contributed by atoms with E-state index in [1.54, 1.807) is 18.5 Å². The number of hydrogen-bond donors (Lipinski definition) is 2. The van der Waals surface area contributed by atoms with Crippen LogP contribution in [0.3, 0.4) is 0 Å². The Morgan fingerprint density at radius 2 is 2.21 bits per heavy atom. The summed E-state index contributed by atoms with van der Waals surface area (Å²) in [5.74, 6) is -0.105. The molecule has 3 nitrogen and oxygen atoms in total. The zero-order valence-corrected chi connectivity index (χ0v) is 12.6. The number of halogens is 1. The molecule has 1 amide bonds. The second-order valence-electron chi connectivity index (χ2n) is 4.03. The molecule has 0 bridgehead atoms. The number of nitrogens with zero attached hydrogens (tertiary/aromatic N) is 1. The first-order valence-electron chi connectivity index (χ1n) is 5.82. The van der Waals surface area contributed by atoms with Crippen LogP contribution in [0.1, 0.15) is 15.9 Å². The molecule has 0 unspecified atom stereocenters. The van der Waals surface area contributed by atoms with Crippen molar-refractivity contribution < 1.29 is 4.79 Å². The van der Waals surface area contributed by atoms with E-state index in [9.17, 15) is 4.79 Å². The summed E-state index contributed by atoms with van der Waals surface area (Å²) in [6.45, 7) is 0.577. The Bertz CT molecular complexity index is 575. The van der Waals surface area contributed by atoms with E-state index in [-0.39, 0.29) is 5.91 Å². The van der Waals surface area contributed by atoms with E-state index in [1.165, 1.54) is 0 Å². The van der Waals surface area contributed by atoms with Crippen LogP contribution in [0.5, 0.6) is 0 Å². The Kier molecular flexibility index (Phi) is 4.99. The predicted molar refractivity (Wildman–Crippen MR) is 81.7 cm³/mol. The van der Waals surface area contributed by atoms with Crippen LogP contribution in [0.15, 0.2) is 52.1 Å². The number of rotatable bonds is 4. The lowest BCUT2D eigenvalue weighted by atomic mass is 10.2. The predicted octanol–water partition coefficient (Wildman–Crippen LogP) is 3.11. The van der Waals surface area contributed by atoms with Crippen molar-refractivity contribution in [3.05, 3.63) is 58.3 Å². The van der Waals surface area contributed by atoms with E-state index < -0.39 is 0 Å². The Morgan fingerprint density at radius 1 is 1.37 bits per heavy atom. The van der Waals surface area contributed by atoms with Gasteiger partial charge in [0.1, 0.15) is 0 Å². The van der Waals surface area contributed by atoms with Crippen LogP contribution in [0.25, 0.3) is 0 Å². The average molecular weight is 337 g/mol. The van der Waals surface area contributed by atoms with Crippen molar-refractivity contribution in [2.45, 2.75) is 11.3 Å². The van der Waals surface area contributed by atoms with E-state index in [2.05, 4.69) is 38.9 Å². The van der Waals surface area contributed by atoms with E-state index in [1.807, 2.05) is 24.3 Å². The maximum absolute atomic E-state index is 12.0. The standard InChI is InChI=1S/C14H13BrN2OS/c15-13-4-3-11(19)8-12(13)14(18)17-7-5-10-2-1-6-16-9-10/h1-4,6,8-9,19H,5,7H2,(H,17,18). The largest absolute Gasteiger partial charge is 0.352 e. The number of amides is 1. The van der Waals surface area contributed by atoms with Crippen LogP contribution in [0.2, 0.25) is 0 Å². The molecule has 0 saturated heterocycles. The third-order valence-electron chi connectivity index (χ3n) is 2.62. The monoisotopic (exact) mass is 336 g/mol. The molecule has 98 valence electrons. The molecule has 1 heterocycles. The van der Waals surface area contributed by atoms with Crippen LogP contribution in [0.4, 0.5) is 0 Å². The molecule has 1 aromatic carbocycles. The molecule has 19 heavy (non-hydrogen) atoms. The molecule has 0 aliphatic rings. The highest BCUT2D eigenvalue weighted by molar-refractivity contribution is 9.10. The number of pyridine rings is 1. The van der Waals surface area contributed by atoms with E-state index >= 15 is 0 Å². The summed E-state index contributed by atoms with van der Waals surface area (Å²) in [5.41, 5.74) is 1.70. The first-order chi connectivity index (χ1) is 9.16. The smallest absolute Gasteiger partial charge is 0.252 e. The number of carbonyl (C=O) groups is 1. The number of nitrogens with one attached hydrogen (secondary N) is 1. The van der Waals surface area contributed by atoms with Crippen molar-refractivity contribution in [3.8, 4) is 0 Å². The zero-order chi connectivity index (χ0) is 13.7. The molecule has 0 spiro atoms. The fourth-order valence-electron chi connectivity index (χ4n) is 1.65. The van der Waals surface area contributed by atoms with Gasteiger partial charge in [0, 0.05) is 28.3 Å². The lowest BCUT2D eigenvalue weighted by molar-refractivity contribution is 0.0953. The molecule has 0 atom stereocenters. The van der Waals surface area contributed by atoms with Crippen molar-refractivity contribution in [3.63, 3.8) is 0 Å². The van der Waals surface area contributed by atoms with Crippen molar-refractivity contribution in [2.24, 2.45) is 0 Å². The fourth-order valence-corrected chi connectivity index (χ4v) is 2.28. The van der Waals surface area contributed by atoms with Crippen LogP contribution in [-0.4, -0.2) is 17.4 Å². The van der Waals surface area contributed by atoms with Crippen molar-refractivity contribution in [1.82, 2.24) is 10.3 Å². The molecule has 2 rings (SSSR count). The van der Waals surface area contributed by atoms with Gasteiger partial charge in [0.15, 0.2) is 0 Å². The number of aromatic nitrogens is 1. The van der Waals surface area contributed by atoms with Gasteiger partial charge >= 0.3 is 0 Å². The van der Waals surface area contributed by atoms with Gasteiger partial charge in [-0.3, -0.25) is 9.78 Å². The summed E-state index contributed by atoms with van der Waals surface area (Å²) in [5, 5.41) is 2.88. The molecular weight excluding hydrogens is 324 g/mol. The highest BCUT2D eigenvalue weighted by Crippen LogP contribution is 2.20. The SMILES string of the molecule is O=C(NCCc1cccnc1)c1cc(S)ccc1Br. The van der Waals surface area contributed by atoms with E-state index in [4.69, 9.17) is 0 Å². The molecule has 5 heteroatoms. The van der Waals surface area contributed by atoms with Crippen molar-refractivity contribution in [2.75, 3.05) is 6.54 Å². The molecule has 0 radical (unpaired) electrons. The highest BCUT2D eigenvalue weighted by atomic mass is 79.9.